The lowest BCUT2D eigenvalue weighted by Crippen LogP contribution is -2.54. The lowest BCUT2D eigenvalue weighted by Gasteiger charge is -2.36. The fourth-order valence-electron chi connectivity index (χ4n) is 2.91. The van der Waals surface area contributed by atoms with Crippen LogP contribution >= 0.6 is 0 Å². The smallest absolute Gasteiger partial charge is 0.417 e. The van der Waals surface area contributed by atoms with E-state index in [0.29, 0.717) is 32.0 Å². The Bertz CT molecular complexity index is 814. The zero-order valence-electron chi connectivity index (χ0n) is 15.1. The van der Waals surface area contributed by atoms with E-state index in [1.807, 2.05) is 4.90 Å². The molecule has 0 aromatic carbocycles. The molecule has 7 nitrogen and oxygen atoms in total. The van der Waals surface area contributed by atoms with Gasteiger partial charge in [0.25, 0.3) is 5.91 Å². The normalized spacial score (nSPS) is 16.0. The number of nitrogens with zero attached hydrogens (tertiary/aromatic N) is 3. The highest BCUT2D eigenvalue weighted by Crippen LogP contribution is 2.29. The third kappa shape index (κ3) is 4.44. The Labute approximate surface area is 159 Å². The largest absolute Gasteiger partial charge is 0.459 e. The molecule has 1 saturated heterocycles. The molecule has 1 fully saturated rings. The summed E-state index contributed by atoms with van der Waals surface area (Å²) in [5.41, 5.74) is -0.800. The monoisotopic (exact) mass is 396 g/mol. The second-order valence-electron chi connectivity index (χ2n) is 6.39. The van der Waals surface area contributed by atoms with Crippen molar-refractivity contribution >= 4 is 17.6 Å². The van der Waals surface area contributed by atoms with E-state index in [1.54, 1.807) is 17.9 Å². The van der Waals surface area contributed by atoms with Crippen molar-refractivity contribution in [1.82, 2.24) is 15.2 Å². The van der Waals surface area contributed by atoms with Crippen LogP contribution in [0.2, 0.25) is 0 Å². The number of nitrogens with one attached hydrogen (secondary N) is 1. The highest BCUT2D eigenvalue weighted by Gasteiger charge is 2.31. The lowest BCUT2D eigenvalue weighted by atomic mass is 10.2. The third-order valence-electron chi connectivity index (χ3n) is 4.45. The topological polar surface area (TPSA) is 78.7 Å². The summed E-state index contributed by atoms with van der Waals surface area (Å²) in [7, 11) is 0. The van der Waals surface area contributed by atoms with E-state index < -0.39 is 23.7 Å². The van der Waals surface area contributed by atoms with Crippen LogP contribution in [0.15, 0.2) is 41.1 Å². The van der Waals surface area contributed by atoms with Gasteiger partial charge in [-0.15, -0.1) is 0 Å². The Morgan fingerprint density at radius 3 is 2.43 bits per heavy atom. The van der Waals surface area contributed by atoms with Gasteiger partial charge in [0.1, 0.15) is 11.9 Å². The van der Waals surface area contributed by atoms with Crippen molar-refractivity contribution in [3.8, 4) is 0 Å². The number of hydrogen-bond acceptors (Lipinski definition) is 5. The van der Waals surface area contributed by atoms with Crippen molar-refractivity contribution in [2.45, 2.75) is 19.1 Å². The number of piperazine rings is 1. The molecule has 0 spiro atoms. The molecule has 0 bridgehead atoms. The molecule has 28 heavy (non-hydrogen) atoms. The van der Waals surface area contributed by atoms with E-state index in [9.17, 15) is 22.8 Å². The predicted octanol–water partition coefficient (Wildman–Crippen LogP) is 2.16. The number of amides is 2. The van der Waals surface area contributed by atoms with Crippen LogP contribution in [0.1, 0.15) is 23.0 Å². The van der Waals surface area contributed by atoms with Gasteiger partial charge in [0.05, 0.1) is 11.8 Å². The average Bonchev–Trinajstić information content (AvgIpc) is 3.22. The summed E-state index contributed by atoms with van der Waals surface area (Å²) in [6, 6.07) is 4.67. The van der Waals surface area contributed by atoms with Crippen molar-refractivity contribution in [1.29, 1.82) is 0 Å². The summed E-state index contributed by atoms with van der Waals surface area (Å²) < 4.78 is 42.9. The maximum atomic E-state index is 12.6. The molecule has 10 heteroatoms. The van der Waals surface area contributed by atoms with Gasteiger partial charge in [-0.1, -0.05) is 0 Å². The summed E-state index contributed by atoms with van der Waals surface area (Å²) >= 11 is 0. The molecule has 2 aromatic rings. The van der Waals surface area contributed by atoms with Gasteiger partial charge >= 0.3 is 6.18 Å². The first-order chi connectivity index (χ1) is 13.3. The van der Waals surface area contributed by atoms with Gasteiger partial charge in [0.2, 0.25) is 5.91 Å². The Morgan fingerprint density at radius 1 is 1.18 bits per heavy atom. The summed E-state index contributed by atoms with van der Waals surface area (Å²) in [6.07, 6.45) is -2.25. The van der Waals surface area contributed by atoms with Crippen LogP contribution in [0.25, 0.3) is 0 Å². The van der Waals surface area contributed by atoms with Crippen LogP contribution in [0.3, 0.4) is 0 Å². The molecular weight excluding hydrogens is 377 g/mol. The minimum absolute atomic E-state index is 0.123. The zero-order valence-corrected chi connectivity index (χ0v) is 15.1. The van der Waals surface area contributed by atoms with E-state index in [4.69, 9.17) is 4.42 Å². The number of carbonyl (C=O) groups excluding carboxylic acids is 2. The maximum absolute atomic E-state index is 12.6. The molecule has 0 aliphatic carbocycles. The number of alkyl halides is 3. The Morgan fingerprint density at radius 2 is 1.89 bits per heavy atom. The summed E-state index contributed by atoms with van der Waals surface area (Å²) in [6.45, 7) is 3.21. The first-order valence-corrected chi connectivity index (χ1v) is 8.67. The molecule has 1 aliphatic rings. The van der Waals surface area contributed by atoms with Gasteiger partial charge in [0, 0.05) is 32.4 Å². The van der Waals surface area contributed by atoms with Gasteiger partial charge < -0.3 is 19.5 Å². The highest BCUT2D eigenvalue weighted by atomic mass is 19.4. The number of furan rings is 1. The van der Waals surface area contributed by atoms with Crippen molar-refractivity contribution in [3.05, 3.63) is 48.0 Å². The molecule has 1 N–H and O–H groups in total. The van der Waals surface area contributed by atoms with Crippen LogP contribution in [0.4, 0.5) is 19.0 Å². The van der Waals surface area contributed by atoms with Crippen LogP contribution in [0.5, 0.6) is 0 Å². The molecule has 150 valence electrons. The minimum Gasteiger partial charge on any atom is -0.459 e. The minimum atomic E-state index is -4.42. The first-order valence-electron chi connectivity index (χ1n) is 8.67. The van der Waals surface area contributed by atoms with Crippen molar-refractivity contribution in [2.75, 3.05) is 31.1 Å². The molecular formula is C18H19F3N4O3. The summed E-state index contributed by atoms with van der Waals surface area (Å²) in [4.78, 5) is 31.8. The molecule has 2 amide bonds. The Balaban J connectivity index is 1.53. The number of hydrogen-bond donors (Lipinski definition) is 1. The zero-order chi connectivity index (χ0) is 20.3. The number of pyridine rings is 1. The van der Waals surface area contributed by atoms with E-state index >= 15 is 0 Å². The van der Waals surface area contributed by atoms with E-state index in [-0.39, 0.29) is 11.7 Å². The molecule has 0 unspecified atom stereocenters. The third-order valence-corrected chi connectivity index (χ3v) is 4.45. The quantitative estimate of drug-likeness (QED) is 0.857. The highest BCUT2D eigenvalue weighted by molar-refractivity contribution is 5.95. The van der Waals surface area contributed by atoms with Gasteiger partial charge in [-0.25, -0.2) is 4.98 Å². The average molecular weight is 396 g/mol. The van der Waals surface area contributed by atoms with Crippen molar-refractivity contribution in [3.63, 3.8) is 0 Å². The van der Waals surface area contributed by atoms with Crippen LogP contribution < -0.4 is 10.2 Å². The predicted molar refractivity (Wildman–Crippen MR) is 93.7 cm³/mol. The lowest BCUT2D eigenvalue weighted by molar-refractivity contribution is -0.138. The number of rotatable bonds is 4. The van der Waals surface area contributed by atoms with E-state index in [0.717, 1.165) is 12.3 Å². The Kier molecular flexibility index (Phi) is 5.57. The maximum Gasteiger partial charge on any atom is 0.417 e. The molecule has 1 aliphatic heterocycles. The Hall–Kier alpha value is -3.04. The molecule has 3 rings (SSSR count). The molecule has 1 atom stereocenters. The van der Waals surface area contributed by atoms with Crippen LogP contribution in [-0.2, 0) is 11.0 Å². The van der Waals surface area contributed by atoms with Gasteiger partial charge in [-0.05, 0) is 31.2 Å². The van der Waals surface area contributed by atoms with Crippen LogP contribution in [-0.4, -0.2) is 53.9 Å². The standard InChI is InChI=1S/C18H19F3N4O3/c1-12(23-16(26)14-3-2-10-28-14)17(27)25-8-6-24(7-9-25)15-5-4-13(11-22-15)18(19,20)21/h2-5,10-12H,6-9H2,1H3,(H,23,26)/t12-/m1/s1. The fourth-order valence-corrected chi connectivity index (χ4v) is 2.91. The van der Waals surface area contributed by atoms with Crippen molar-refractivity contribution < 1.29 is 27.2 Å². The van der Waals surface area contributed by atoms with Gasteiger partial charge in [0.15, 0.2) is 5.76 Å². The van der Waals surface area contributed by atoms with E-state index in [2.05, 4.69) is 10.3 Å². The molecule has 0 saturated carbocycles. The molecule has 2 aromatic heterocycles. The SMILES string of the molecule is C[C@@H](NC(=O)c1ccco1)C(=O)N1CCN(c2ccc(C(F)(F)F)cn2)CC1. The summed E-state index contributed by atoms with van der Waals surface area (Å²) in [5, 5.41) is 2.59. The van der Waals surface area contributed by atoms with Crippen molar-refractivity contribution in [2.24, 2.45) is 0 Å². The fraction of sp³-hybridized carbons (Fsp3) is 0.389. The first kappa shape index (κ1) is 19.7. The summed E-state index contributed by atoms with van der Waals surface area (Å²) in [5.74, 6) is -0.157. The second-order valence-corrected chi connectivity index (χ2v) is 6.39. The second kappa shape index (κ2) is 7.91. The number of aromatic nitrogens is 1. The van der Waals surface area contributed by atoms with E-state index in [1.165, 1.54) is 18.4 Å². The van der Waals surface area contributed by atoms with Gasteiger partial charge in [-0.3, -0.25) is 9.59 Å². The molecule has 3 heterocycles. The molecule has 0 radical (unpaired) electrons. The van der Waals surface area contributed by atoms with Crippen LogP contribution in [0, 0.1) is 0 Å². The number of halogens is 3. The number of anilines is 1. The van der Waals surface area contributed by atoms with Gasteiger partial charge in [-0.2, -0.15) is 13.2 Å². The number of carbonyl (C=O) groups is 2.